The van der Waals surface area contributed by atoms with Crippen molar-refractivity contribution >= 4 is 11.6 Å². The van der Waals surface area contributed by atoms with Gasteiger partial charge in [-0.25, -0.2) is 0 Å². The maximum atomic E-state index is 11.8. The molecule has 0 saturated heterocycles. The van der Waals surface area contributed by atoms with Gasteiger partial charge in [0.1, 0.15) is 12.4 Å². The number of hydrogen-bond acceptors (Lipinski definition) is 5. The first-order chi connectivity index (χ1) is 9.61. The Labute approximate surface area is 116 Å². The fourth-order valence-electron chi connectivity index (χ4n) is 1.77. The van der Waals surface area contributed by atoms with E-state index < -0.39 is 6.04 Å². The quantitative estimate of drug-likeness (QED) is 0.823. The van der Waals surface area contributed by atoms with Crippen molar-refractivity contribution in [2.45, 2.75) is 6.04 Å². The zero-order valence-electron chi connectivity index (χ0n) is 11.4. The minimum atomic E-state index is -0.696. The highest BCUT2D eigenvalue weighted by Crippen LogP contribution is 2.20. The average molecular weight is 275 g/mol. The number of aromatic nitrogens is 3. The van der Waals surface area contributed by atoms with Crippen molar-refractivity contribution < 1.29 is 9.53 Å². The standard InChI is InChI=1S/C13H17N5O2/c1-18-8-15-17-12(18)9-4-3-5-10(6-9)16-13(19)11(14)7-20-2/h3-6,8,11H,7,14H2,1-2H3,(H,16,19). The Morgan fingerprint density at radius 1 is 1.55 bits per heavy atom. The van der Waals surface area contributed by atoms with E-state index in [1.165, 1.54) is 7.11 Å². The van der Waals surface area contributed by atoms with E-state index >= 15 is 0 Å². The van der Waals surface area contributed by atoms with E-state index in [1.54, 1.807) is 17.0 Å². The summed E-state index contributed by atoms with van der Waals surface area (Å²) < 4.78 is 6.66. The highest BCUT2D eigenvalue weighted by atomic mass is 16.5. The molecule has 0 fully saturated rings. The Kier molecular flexibility index (Phi) is 4.44. The van der Waals surface area contributed by atoms with Crippen molar-refractivity contribution in [2.75, 3.05) is 19.0 Å². The number of rotatable bonds is 5. The van der Waals surface area contributed by atoms with Gasteiger partial charge in [0.2, 0.25) is 5.91 Å². The van der Waals surface area contributed by atoms with E-state index in [2.05, 4.69) is 15.5 Å². The first-order valence-electron chi connectivity index (χ1n) is 6.11. The van der Waals surface area contributed by atoms with Crippen molar-refractivity contribution in [1.29, 1.82) is 0 Å². The second-order valence-corrected chi connectivity index (χ2v) is 4.40. The summed E-state index contributed by atoms with van der Waals surface area (Å²) in [6, 6.07) is 6.65. The molecular weight excluding hydrogens is 258 g/mol. The number of benzene rings is 1. The second-order valence-electron chi connectivity index (χ2n) is 4.40. The van der Waals surface area contributed by atoms with Crippen LogP contribution in [-0.2, 0) is 16.6 Å². The number of nitrogens with zero attached hydrogens (tertiary/aromatic N) is 3. The van der Waals surface area contributed by atoms with Crippen LogP contribution >= 0.6 is 0 Å². The largest absolute Gasteiger partial charge is 0.383 e. The molecule has 2 rings (SSSR count). The number of hydrogen-bond donors (Lipinski definition) is 2. The van der Waals surface area contributed by atoms with Crippen molar-refractivity contribution in [2.24, 2.45) is 12.8 Å². The number of carbonyl (C=O) groups is 1. The lowest BCUT2D eigenvalue weighted by Crippen LogP contribution is -2.39. The van der Waals surface area contributed by atoms with Crippen LogP contribution in [0.15, 0.2) is 30.6 Å². The molecule has 2 aromatic rings. The number of amides is 1. The second kappa shape index (κ2) is 6.27. The molecule has 3 N–H and O–H groups in total. The highest BCUT2D eigenvalue weighted by molar-refractivity contribution is 5.95. The molecule has 0 radical (unpaired) electrons. The molecule has 1 amide bonds. The molecule has 20 heavy (non-hydrogen) atoms. The molecule has 106 valence electrons. The van der Waals surface area contributed by atoms with Crippen LogP contribution in [0.1, 0.15) is 0 Å². The summed E-state index contributed by atoms with van der Waals surface area (Å²) in [4.78, 5) is 11.8. The smallest absolute Gasteiger partial charge is 0.243 e. The van der Waals surface area contributed by atoms with Gasteiger partial charge in [0, 0.05) is 25.4 Å². The van der Waals surface area contributed by atoms with Crippen LogP contribution < -0.4 is 11.1 Å². The monoisotopic (exact) mass is 275 g/mol. The maximum Gasteiger partial charge on any atom is 0.243 e. The summed E-state index contributed by atoms with van der Waals surface area (Å²) in [5.74, 6) is 0.434. The minimum absolute atomic E-state index is 0.175. The van der Waals surface area contributed by atoms with E-state index in [1.807, 2.05) is 25.2 Å². The van der Waals surface area contributed by atoms with Crippen LogP contribution in [0.4, 0.5) is 5.69 Å². The highest BCUT2D eigenvalue weighted by Gasteiger charge is 2.13. The Bertz CT molecular complexity index is 596. The Morgan fingerprint density at radius 3 is 3.00 bits per heavy atom. The number of methoxy groups -OCH3 is 1. The number of aryl methyl sites for hydroxylation is 1. The SMILES string of the molecule is COCC(N)C(=O)Nc1cccc(-c2nncn2C)c1. The topological polar surface area (TPSA) is 95.1 Å². The molecule has 1 aromatic heterocycles. The Balaban J connectivity index is 2.15. The van der Waals surface area contributed by atoms with Gasteiger partial charge < -0.3 is 20.4 Å². The van der Waals surface area contributed by atoms with Gasteiger partial charge in [-0.2, -0.15) is 0 Å². The molecule has 0 spiro atoms. The fraction of sp³-hybridized carbons (Fsp3) is 0.308. The van der Waals surface area contributed by atoms with Gasteiger partial charge in [0.15, 0.2) is 5.82 Å². The normalized spacial score (nSPS) is 12.2. The number of nitrogens with two attached hydrogens (primary N) is 1. The molecule has 0 aliphatic rings. The lowest BCUT2D eigenvalue weighted by molar-refractivity contribution is -0.118. The molecule has 1 unspecified atom stereocenters. The van der Waals surface area contributed by atoms with Crippen LogP contribution in [0.5, 0.6) is 0 Å². The first-order valence-corrected chi connectivity index (χ1v) is 6.11. The van der Waals surface area contributed by atoms with Gasteiger partial charge in [-0.3, -0.25) is 4.79 Å². The molecule has 0 aliphatic heterocycles. The molecular formula is C13H17N5O2. The van der Waals surface area contributed by atoms with Crippen molar-refractivity contribution in [3.05, 3.63) is 30.6 Å². The molecule has 0 bridgehead atoms. The molecule has 7 heteroatoms. The Morgan fingerprint density at radius 2 is 2.35 bits per heavy atom. The van der Waals surface area contributed by atoms with Gasteiger partial charge in [-0.1, -0.05) is 12.1 Å². The van der Waals surface area contributed by atoms with Crippen LogP contribution in [0.25, 0.3) is 11.4 Å². The minimum Gasteiger partial charge on any atom is -0.383 e. The summed E-state index contributed by atoms with van der Waals surface area (Å²) in [5, 5.41) is 10.6. The predicted molar refractivity (Wildman–Crippen MR) is 74.9 cm³/mol. The van der Waals surface area contributed by atoms with Gasteiger partial charge in [-0.15, -0.1) is 10.2 Å². The van der Waals surface area contributed by atoms with E-state index in [0.717, 1.165) is 11.4 Å². The molecule has 1 heterocycles. The summed E-state index contributed by atoms with van der Waals surface area (Å²) in [6.45, 7) is 0.175. The van der Waals surface area contributed by atoms with E-state index in [9.17, 15) is 4.79 Å². The lowest BCUT2D eigenvalue weighted by atomic mass is 10.2. The van der Waals surface area contributed by atoms with Gasteiger partial charge in [-0.05, 0) is 12.1 Å². The van der Waals surface area contributed by atoms with Crippen LogP contribution in [0, 0.1) is 0 Å². The van der Waals surface area contributed by atoms with Crippen molar-refractivity contribution in [3.63, 3.8) is 0 Å². The van der Waals surface area contributed by atoms with Crippen molar-refractivity contribution in [1.82, 2.24) is 14.8 Å². The number of nitrogens with one attached hydrogen (secondary N) is 1. The van der Waals surface area contributed by atoms with E-state index in [-0.39, 0.29) is 12.5 Å². The molecule has 0 saturated carbocycles. The lowest BCUT2D eigenvalue weighted by Gasteiger charge is -2.11. The number of ether oxygens (including phenoxy) is 1. The molecule has 1 atom stereocenters. The van der Waals surface area contributed by atoms with E-state index in [4.69, 9.17) is 10.5 Å². The van der Waals surface area contributed by atoms with Gasteiger partial charge >= 0.3 is 0 Å². The van der Waals surface area contributed by atoms with E-state index in [0.29, 0.717) is 5.69 Å². The molecule has 0 aliphatic carbocycles. The number of carbonyl (C=O) groups excluding carboxylic acids is 1. The summed E-state index contributed by atoms with van der Waals surface area (Å²) >= 11 is 0. The zero-order valence-corrected chi connectivity index (χ0v) is 11.4. The molecule has 1 aromatic carbocycles. The third-order valence-electron chi connectivity index (χ3n) is 2.78. The third kappa shape index (κ3) is 3.19. The van der Waals surface area contributed by atoms with Gasteiger partial charge in [0.25, 0.3) is 0 Å². The average Bonchev–Trinajstić information content (AvgIpc) is 2.85. The van der Waals surface area contributed by atoms with Crippen LogP contribution in [0.3, 0.4) is 0 Å². The fourth-order valence-corrected chi connectivity index (χ4v) is 1.77. The predicted octanol–water partition coefficient (Wildman–Crippen LogP) is 0.394. The van der Waals surface area contributed by atoms with Gasteiger partial charge in [0.05, 0.1) is 6.61 Å². The number of anilines is 1. The van der Waals surface area contributed by atoms with Crippen LogP contribution in [-0.4, -0.2) is 40.4 Å². The third-order valence-corrected chi connectivity index (χ3v) is 2.78. The van der Waals surface area contributed by atoms with Crippen LogP contribution in [0.2, 0.25) is 0 Å². The zero-order chi connectivity index (χ0) is 14.5. The first kappa shape index (κ1) is 14.2. The van der Waals surface area contributed by atoms with Crippen molar-refractivity contribution in [3.8, 4) is 11.4 Å². The summed E-state index contributed by atoms with van der Waals surface area (Å²) in [6.07, 6.45) is 1.62. The maximum absolute atomic E-state index is 11.8. The summed E-state index contributed by atoms with van der Waals surface area (Å²) in [5.41, 5.74) is 7.19. The molecule has 7 nitrogen and oxygen atoms in total. The Hall–Kier alpha value is -2.25. The summed E-state index contributed by atoms with van der Waals surface area (Å²) in [7, 11) is 3.36.